The summed E-state index contributed by atoms with van der Waals surface area (Å²) in [6.45, 7) is 5.74. The minimum absolute atomic E-state index is 0.102. The first-order valence-corrected chi connectivity index (χ1v) is 9.33. The van der Waals surface area contributed by atoms with Crippen LogP contribution in [0, 0.1) is 0 Å². The van der Waals surface area contributed by atoms with E-state index in [0.717, 1.165) is 6.42 Å². The summed E-state index contributed by atoms with van der Waals surface area (Å²) in [5, 5.41) is 0. The Morgan fingerprint density at radius 2 is 1.42 bits per heavy atom. The average Bonchev–Trinajstić information content (AvgIpc) is 2.62. The Kier molecular flexibility index (Phi) is 7.40. The molecular formula is C23H31NO2. The molecule has 0 heterocycles. The summed E-state index contributed by atoms with van der Waals surface area (Å²) in [7, 11) is 4.22. The van der Waals surface area contributed by atoms with E-state index in [1.54, 1.807) is 0 Å². The number of carbonyl (C=O) groups is 1. The molecule has 0 amide bonds. The Labute approximate surface area is 158 Å². The third-order valence-electron chi connectivity index (χ3n) is 5.18. The predicted octanol–water partition coefficient (Wildman–Crippen LogP) is 4.85. The van der Waals surface area contributed by atoms with E-state index in [1.807, 2.05) is 19.1 Å². The number of carbonyl (C=O) groups excluding carboxylic acids is 1. The predicted molar refractivity (Wildman–Crippen MR) is 107 cm³/mol. The second-order valence-electron chi connectivity index (χ2n) is 7.32. The second-order valence-corrected chi connectivity index (χ2v) is 7.32. The molecule has 4 atom stereocenters. The minimum Gasteiger partial charge on any atom is -0.462 e. The number of ether oxygens (including phenoxy) is 1. The van der Waals surface area contributed by atoms with E-state index in [0.29, 0.717) is 6.04 Å². The number of hydrogen-bond donors (Lipinski definition) is 0. The number of benzene rings is 2. The second kappa shape index (κ2) is 9.54. The summed E-state index contributed by atoms with van der Waals surface area (Å²) in [5.74, 6) is 0.126. The maximum absolute atomic E-state index is 11.6. The van der Waals surface area contributed by atoms with Crippen molar-refractivity contribution in [2.75, 3.05) is 14.1 Å². The summed E-state index contributed by atoms with van der Waals surface area (Å²) in [4.78, 5) is 13.9. The molecule has 0 spiro atoms. The highest BCUT2D eigenvalue weighted by molar-refractivity contribution is 5.66. The SMILES string of the molecule is CC(=O)OC(C)C(c1ccccc1)C(CC(C)N(C)C)c1ccccc1. The van der Waals surface area contributed by atoms with E-state index in [4.69, 9.17) is 4.74 Å². The fourth-order valence-corrected chi connectivity index (χ4v) is 3.61. The van der Waals surface area contributed by atoms with Crippen molar-refractivity contribution in [1.82, 2.24) is 4.90 Å². The molecule has 3 heteroatoms. The van der Waals surface area contributed by atoms with Crippen LogP contribution < -0.4 is 0 Å². The van der Waals surface area contributed by atoms with Crippen LogP contribution >= 0.6 is 0 Å². The molecule has 0 aliphatic carbocycles. The first-order valence-electron chi connectivity index (χ1n) is 9.33. The van der Waals surface area contributed by atoms with Gasteiger partial charge in [-0.2, -0.15) is 0 Å². The molecule has 0 aliphatic heterocycles. The largest absolute Gasteiger partial charge is 0.462 e. The molecule has 2 aromatic rings. The van der Waals surface area contributed by atoms with Gasteiger partial charge in [0.05, 0.1) is 0 Å². The van der Waals surface area contributed by atoms with Crippen LogP contribution in [0.5, 0.6) is 0 Å². The van der Waals surface area contributed by atoms with Gasteiger partial charge in [0.2, 0.25) is 0 Å². The van der Waals surface area contributed by atoms with Crippen LogP contribution in [-0.4, -0.2) is 37.1 Å². The lowest BCUT2D eigenvalue weighted by Gasteiger charge is -2.35. The third kappa shape index (κ3) is 5.43. The molecule has 0 fully saturated rings. The fraction of sp³-hybridized carbons (Fsp3) is 0.435. The summed E-state index contributed by atoms with van der Waals surface area (Å²) in [6, 6.07) is 21.4. The molecule has 0 radical (unpaired) electrons. The molecule has 0 aliphatic rings. The summed E-state index contributed by atoms with van der Waals surface area (Å²) in [6.07, 6.45) is 0.789. The molecule has 140 valence electrons. The van der Waals surface area contributed by atoms with Crippen LogP contribution in [0.4, 0.5) is 0 Å². The van der Waals surface area contributed by atoms with Crippen LogP contribution in [0.15, 0.2) is 60.7 Å². The Morgan fingerprint density at radius 1 is 0.923 bits per heavy atom. The van der Waals surface area contributed by atoms with Gasteiger partial charge < -0.3 is 9.64 Å². The molecule has 0 N–H and O–H groups in total. The van der Waals surface area contributed by atoms with E-state index >= 15 is 0 Å². The summed E-state index contributed by atoms with van der Waals surface area (Å²) < 4.78 is 5.66. The van der Waals surface area contributed by atoms with Gasteiger partial charge in [0.1, 0.15) is 6.10 Å². The van der Waals surface area contributed by atoms with Crippen molar-refractivity contribution in [3.05, 3.63) is 71.8 Å². The lowest BCUT2D eigenvalue weighted by molar-refractivity contribution is -0.146. The highest BCUT2D eigenvalue weighted by atomic mass is 16.5. The van der Waals surface area contributed by atoms with Crippen molar-refractivity contribution in [2.45, 2.75) is 51.2 Å². The highest BCUT2D eigenvalue weighted by Crippen LogP contribution is 2.40. The molecule has 0 bridgehead atoms. The van der Waals surface area contributed by atoms with Gasteiger partial charge in [0.15, 0.2) is 0 Å². The topological polar surface area (TPSA) is 29.5 Å². The van der Waals surface area contributed by atoms with E-state index < -0.39 is 0 Å². The van der Waals surface area contributed by atoms with Crippen molar-refractivity contribution in [1.29, 1.82) is 0 Å². The smallest absolute Gasteiger partial charge is 0.302 e. The van der Waals surface area contributed by atoms with Crippen molar-refractivity contribution < 1.29 is 9.53 Å². The monoisotopic (exact) mass is 353 g/mol. The summed E-state index contributed by atoms with van der Waals surface area (Å²) in [5.41, 5.74) is 2.50. The summed E-state index contributed by atoms with van der Waals surface area (Å²) >= 11 is 0. The number of hydrogen-bond acceptors (Lipinski definition) is 3. The van der Waals surface area contributed by atoms with Crippen LogP contribution in [0.1, 0.15) is 50.2 Å². The Balaban J connectivity index is 2.47. The molecule has 0 aromatic heterocycles. The van der Waals surface area contributed by atoms with Gasteiger partial charge in [-0.25, -0.2) is 0 Å². The van der Waals surface area contributed by atoms with Gasteiger partial charge in [-0.05, 0) is 51.4 Å². The minimum atomic E-state index is -0.231. The third-order valence-corrected chi connectivity index (χ3v) is 5.18. The Hall–Kier alpha value is -2.13. The van der Waals surface area contributed by atoms with Crippen molar-refractivity contribution >= 4 is 5.97 Å². The standard InChI is InChI=1S/C23H31NO2/c1-17(24(4)5)16-22(20-12-8-6-9-13-20)23(18(2)26-19(3)25)21-14-10-7-11-15-21/h6-15,17-18,22-23H,16H2,1-5H3. The zero-order valence-electron chi connectivity index (χ0n) is 16.6. The Morgan fingerprint density at radius 3 is 1.88 bits per heavy atom. The van der Waals surface area contributed by atoms with Crippen LogP contribution in [-0.2, 0) is 9.53 Å². The fourth-order valence-electron chi connectivity index (χ4n) is 3.61. The zero-order chi connectivity index (χ0) is 19.1. The van der Waals surface area contributed by atoms with E-state index in [1.165, 1.54) is 18.1 Å². The number of rotatable bonds is 8. The van der Waals surface area contributed by atoms with E-state index in [-0.39, 0.29) is 23.9 Å². The molecule has 3 nitrogen and oxygen atoms in total. The number of nitrogens with zero attached hydrogens (tertiary/aromatic N) is 1. The highest BCUT2D eigenvalue weighted by Gasteiger charge is 2.32. The Bertz CT molecular complexity index is 669. The average molecular weight is 354 g/mol. The van der Waals surface area contributed by atoms with Crippen LogP contribution in [0.3, 0.4) is 0 Å². The zero-order valence-corrected chi connectivity index (χ0v) is 16.6. The van der Waals surface area contributed by atoms with E-state index in [9.17, 15) is 4.79 Å². The van der Waals surface area contributed by atoms with Gasteiger partial charge in [0, 0.05) is 18.9 Å². The molecule has 0 saturated heterocycles. The lowest BCUT2D eigenvalue weighted by atomic mass is 9.75. The van der Waals surface area contributed by atoms with Gasteiger partial charge in [-0.3, -0.25) is 4.79 Å². The van der Waals surface area contributed by atoms with Gasteiger partial charge >= 0.3 is 5.97 Å². The maximum atomic E-state index is 11.6. The molecular weight excluding hydrogens is 322 g/mol. The van der Waals surface area contributed by atoms with Crippen LogP contribution in [0.2, 0.25) is 0 Å². The van der Waals surface area contributed by atoms with Crippen molar-refractivity contribution in [3.8, 4) is 0 Å². The van der Waals surface area contributed by atoms with Crippen molar-refractivity contribution in [2.24, 2.45) is 0 Å². The van der Waals surface area contributed by atoms with Gasteiger partial charge in [-0.15, -0.1) is 0 Å². The molecule has 0 saturated carbocycles. The van der Waals surface area contributed by atoms with Gasteiger partial charge in [0.25, 0.3) is 0 Å². The molecule has 2 rings (SSSR count). The maximum Gasteiger partial charge on any atom is 0.302 e. The first-order chi connectivity index (χ1) is 12.4. The first kappa shape index (κ1) is 20.2. The molecule has 26 heavy (non-hydrogen) atoms. The molecule has 2 aromatic carbocycles. The van der Waals surface area contributed by atoms with E-state index in [2.05, 4.69) is 74.4 Å². The molecule has 4 unspecified atom stereocenters. The van der Waals surface area contributed by atoms with Crippen molar-refractivity contribution in [3.63, 3.8) is 0 Å². The lowest BCUT2D eigenvalue weighted by Crippen LogP contribution is -2.32. The normalized spacial score (nSPS) is 15.9. The number of esters is 1. The quantitative estimate of drug-likeness (QED) is 0.636. The van der Waals surface area contributed by atoms with Gasteiger partial charge in [-0.1, -0.05) is 60.7 Å². The van der Waals surface area contributed by atoms with Crippen LogP contribution in [0.25, 0.3) is 0 Å².